The number of carbonyl (C=O) groups is 2. The van der Waals surface area contributed by atoms with Crippen LogP contribution in [0.2, 0.25) is 0 Å². The molecule has 6 nitrogen and oxygen atoms in total. The van der Waals surface area contributed by atoms with Crippen LogP contribution < -0.4 is 0 Å². The van der Waals surface area contributed by atoms with Gasteiger partial charge in [0.05, 0.1) is 18.7 Å². The first-order valence-electron chi connectivity index (χ1n) is 8.36. The molecule has 1 aromatic rings. The van der Waals surface area contributed by atoms with Gasteiger partial charge in [0.15, 0.2) is 6.61 Å². The Labute approximate surface area is 137 Å². The van der Waals surface area contributed by atoms with E-state index in [2.05, 4.69) is 18.9 Å². The first kappa shape index (κ1) is 17.5. The van der Waals surface area contributed by atoms with E-state index < -0.39 is 0 Å². The largest absolute Gasteiger partial charge is 0.456 e. The van der Waals surface area contributed by atoms with E-state index in [0.717, 1.165) is 30.7 Å². The molecule has 0 spiro atoms. The number of aryl methyl sites for hydroxylation is 3. The van der Waals surface area contributed by atoms with Gasteiger partial charge < -0.3 is 9.64 Å². The third-order valence-corrected chi connectivity index (χ3v) is 4.47. The summed E-state index contributed by atoms with van der Waals surface area (Å²) in [5.41, 5.74) is 1.95. The summed E-state index contributed by atoms with van der Waals surface area (Å²) >= 11 is 0. The number of piperidine rings is 1. The van der Waals surface area contributed by atoms with Gasteiger partial charge in [0.25, 0.3) is 5.91 Å². The Hall–Kier alpha value is -1.85. The fourth-order valence-electron chi connectivity index (χ4n) is 3.30. The lowest BCUT2D eigenvalue weighted by atomic mass is 9.97. The zero-order valence-electron chi connectivity index (χ0n) is 14.5. The van der Waals surface area contributed by atoms with Gasteiger partial charge >= 0.3 is 5.97 Å². The second-order valence-corrected chi connectivity index (χ2v) is 6.49. The SMILES string of the molecule is Cc1cc(C)n(CCC(=O)OCC(=O)N2C(C)CCCC2C)n1. The molecule has 0 radical (unpaired) electrons. The summed E-state index contributed by atoms with van der Waals surface area (Å²) in [4.78, 5) is 26.0. The molecule has 128 valence electrons. The van der Waals surface area contributed by atoms with Gasteiger partial charge in [-0.15, -0.1) is 0 Å². The predicted molar refractivity (Wildman–Crippen MR) is 86.9 cm³/mol. The smallest absolute Gasteiger partial charge is 0.308 e. The van der Waals surface area contributed by atoms with Crippen molar-refractivity contribution in [2.24, 2.45) is 0 Å². The summed E-state index contributed by atoms with van der Waals surface area (Å²) in [5, 5.41) is 4.30. The third-order valence-electron chi connectivity index (χ3n) is 4.47. The number of hydrogen-bond acceptors (Lipinski definition) is 4. The summed E-state index contributed by atoms with van der Waals surface area (Å²) in [7, 11) is 0. The van der Waals surface area contributed by atoms with Crippen LogP contribution >= 0.6 is 0 Å². The topological polar surface area (TPSA) is 64.4 Å². The van der Waals surface area contributed by atoms with Crippen molar-refractivity contribution < 1.29 is 14.3 Å². The Bertz CT molecular complexity index is 557. The molecule has 2 unspecified atom stereocenters. The van der Waals surface area contributed by atoms with Crippen LogP contribution in [0.4, 0.5) is 0 Å². The first-order valence-corrected chi connectivity index (χ1v) is 8.36. The molecule has 1 amide bonds. The van der Waals surface area contributed by atoms with Gasteiger partial charge in [-0.1, -0.05) is 0 Å². The minimum atomic E-state index is -0.358. The number of ether oxygens (including phenoxy) is 1. The molecule has 1 fully saturated rings. The zero-order valence-corrected chi connectivity index (χ0v) is 14.5. The maximum atomic E-state index is 12.3. The van der Waals surface area contributed by atoms with Gasteiger partial charge in [-0.2, -0.15) is 5.10 Å². The van der Waals surface area contributed by atoms with Crippen LogP contribution in [0.3, 0.4) is 0 Å². The number of amides is 1. The monoisotopic (exact) mass is 321 g/mol. The van der Waals surface area contributed by atoms with Crippen LogP contribution in [0.15, 0.2) is 6.07 Å². The summed E-state index contributed by atoms with van der Waals surface area (Å²) < 4.78 is 6.94. The van der Waals surface area contributed by atoms with Crippen LogP contribution in [-0.2, 0) is 20.9 Å². The van der Waals surface area contributed by atoms with Gasteiger partial charge in [0, 0.05) is 17.8 Å². The maximum Gasteiger partial charge on any atom is 0.308 e. The van der Waals surface area contributed by atoms with Crippen LogP contribution in [0.25, 0.3) is 0 Å². The molecule has 0 bridgehead atoms. The van der Waals surface area contributed by atoms with E-state index in [9.17, 15) is 9.59 Å². The van der Waals surface area contributed by atoms with E-state index in [4.69, 9.17) is 4.74 Å². The Balaban J connectivity index is 1.77. The van der Waals surface area contributed by atoms with Crippen molar-refractivity contribution in [3.8, 4) is 0 Å². The van der Waals surface area contributed by atoms with Gasteiger partial charge in [-0.3, -0.25) is 14.3 Å². The lowest BCUT2D eigenvalue weighted by molar-refractivity contribution is -0.155. The highest BCUT2D eigenvalue weighted by atomic mass is 16.5. The number of nitrogens with zero attached hydrogens (tertiary/aromatic N) is 3. The quantitative estimate of drug-likeness (QED) is 0.780. The van der Waals surface area contributed by atoms with Crippen molar-refractivity contribution in [2.75, 3.05) is 6.61 Å². The predicted octanol–water partition coefficient (Wildman–Crippen LogP) is 2.22. The fraction of sp³-hybridized carbons (Fsp3) is 0.706. The van der Waals surface area contributed by atoms with E-state index >= 15 is 0 Å². The molecule has 2 rings (SSSR count). The molecule has 23 heavy (non-hydrogen) atoms. The minimum absolute atomic E-state index is 0.0934. The van der Waals surface area contributed by atoms with Crippen LogP contribution in [0, 0.1) is 13.8 Å². The number of rotatable bonds is 5. The zero-order chi connectivity index (χ0) is 17.0. The van der Waals surface area contributed by atoms with Crippen LogP contribution in [0.1, 0.15) is 50.9 Å². The summed E-state index contributed by atoms with van der Waals surface area (Å²) in [6, 6.07) is 2.41. The lowest BCUT2D eigenvalue weighted by Crippen LogP contribution is -2.49. The third kappa shape index (κ3) is 4.56. The highest BCUT2D eigenvalue weighted by Crippen LogP contribution is 2.22. The van der Waals surface area contributed by atoms with E-state index in [1.54, 1.807) is 4.68 Å². The second-order valence-electron chi connectivity index (χ2n) is 6.49. The number of hydrogen-bond donors (Lipinski definition) is 0. The van der Waals surface area contributed by atoms with Gasteiger partial charge in [0.2, 0.25) is 0 Å². The van der Waals surface area contributed by atoms with Gasteiger partial charge in [0.1, 0.15) is 0 Å². The van der Waals surface area contributed by atoms with E-state index in [-0.39, 0.29) is 37.0 Å². The molecule has 0 saturated carbocycles. The molecule has 1 aliphatic rings. The molecule has 2 heterocycles. The van der Waals surface area contributed by atoms with Crippen molar-refractivity contribution in [1.29, 1.82) is 0 Å². The Morgan fingerprint density at radius 1 is 1.26 bits per heavy atom. The number of aromatic nitrogens is 2. The normalized spacial score (nSPS) is 21.3. The van der Waals surface area contributed by atoms with E-state index in [1.807, 2.05) is 24.8 Å². The molecule has 0 N–H and O–H groups in total. The molecule has 1 aliphatic heterocycles. The molecule has 6 heteroatoms. The van der Waals surface area contributed by atoms with E-state index in [1.165, 1.54) is 0 Å². The Kier molecular flexibility index (Phi) is 5.80. The van der Waals surface area contributed by atoms with Crippen molar-refractivity contribution in [3.63, 3.8) is 0 Å². The Morgan fingerprint density at radius 3 is 2.48 bits per heavy atom. The van der Waals surface area contributed by atoms with Crippen molar-refractivity contribution in [1.82, 2.24) is 14.7 Å². The molecule has 0 aromatic carbocycles. The van der Waals surface area contributed by atoms with Gasteiger partial charge in [-0.25, -0.2) is 0 Å². The average Bonchev–Trinajstić information content (AvgIpc) is 2.80. The highest BCUT2D eigenvalue weighted by molar-refractivity contribution is 5.81. The molecule has 1 saturated heterocycles. The maximum absolute atomic E-state index is 12.3. The van der Waals surface area contributed by atoms with Crippen molar-refractivity contribution in [3.05, 3.63) is 17.5 Å². The summed E-state index contributed by atoms with van der Waals surface area (Å²) in [5.74, 6) is -0.451. The summed E-state index contributed by atoms with van der Waals surface area (Å²) in [6.07, 6.45) is 3.40. The molecule has 1 aromatic heterocycles. The van der Waals surface area contributed by atoms with Crippen LogP contribution in [-0.4, -0.2) is 45.2 Å². The standard InChI is InChI=1S/C17H27N3O3/c1-12-10-15(4)19(18-12)9-8-17(22)23-11-16(21)20-13(2)6-5-7-14(20)3/h10,13-14H,5-9,11H2,1-4H3. The molecule has 2 atom stereocenters. The first-order chi connectivity index (χ1) is 10.9. The van der Waals surface area contributed by atoms with Crippen molar-refractivity contribution >= 4 is 11.9 Å². The molecule has 0 aliphatic carbocycles. The summed E-state index contributed by atoms with van der Waals surface area (Å²) in [6.45, 7) is 8.29. The number of esters is 1. The Morgan fingerprint density at radius 2 is 1.91 bits per heavy atom. The minimum Gasteiger partial charge on any atom is -0.456 e. The fourth-order valence-corrected chi connectivity index (χ4v) is 3.30. The second kappa shape index (κ2) is 7.62. The molecular formula is C17H27N3O3. The highest BCUT2D eigenvalue weighted by Gasteiger charge is 2.29. The number of carbonyl (C=O) groups excluding carboxylic acids is 2. The average molecular weight is 321 g/mol. The molecular weight excluding hydrogens is 294 g/mol. The van der Waals surface area contributed by atoms with Crippen LogP contribution in [0.5, 0.6) is 0 Å². The van der Waals surface area contributed by atoms with Gasteiger partial charge in [-0.05, 0) is 53.0 Å². The lowest BCUT2D eigenvalue weighted by Gasteiger charge is -2.38. The van der Waals surface area contributed by atoms with Crippen molar-refractivity contribution in [2.45, 2.75) is 72.0 Å². The number of likely N-dealkylation sites (tertiary alicyclic amines) is 1. The van der Waals surface area contributed by atoms with E-state index in [0.29, 0.717) is 6.54 Å².